The van der Waals surface area contributed by atoms with E-state index in [0.717, 1.165) is 32.5 Å². The van der Waals surface area contributed by atoms with Crippen molar-refractivity contribution in [1.82, 2.24) is 9.80 Å². The van der Waals surface area contributed by atoms with Crippen LogP contribution in [0.5, 0.6) is 0 Å². The molecule has 0 fully saturated rings. The summed E-state index contributed by atoms with van der Waals surface area (Å²) in [6, 6.07) is 0.986. The average molecular weight is 215 g/mol. The first kappa shape index (κ1) is 14.9. The first-order chi connectivity index (χ1) is 7.01. The Bertz CT molecular complexity index is 148. The van der Waals surface area contributed by atoms with E-state index in [-0.39, 0.29) is 0 Å². The molecule has 0 aliphatic carbocycles. The van der Waals surface area contributed by atoms with Crippen molar-refractivity contribution >= 4 is 0 Å². The molecule has 0 spiro atoms. The van der Waals surface area contributed by atoms with E-state index in [1.54, 1.807) is 0 Å². The van der Waals surface area contributed by atoms with Gasteiger partial charge in [-0.05, 0) is 47.0 Å². The third-order valence-electron chi connectivity index (χ3n) is 2.97. The Hall–Kier alpha value is -0.120. The topological polar surface area (TPSA) is 32.5 Å². The highest BCUT2D eigenvalue weighted by molar-refractivity contribution is 4.70. The largest absolute Gasteiger partial charge is 0.328 e. The van der Waals surface area contributed by atoms with Crippen LogP contribution in [-0.2, 0) is 0 Å². The van der Waals surface area contributed by atoms with E-state index in [4.69, 9.17) is 5.73 Å². The molecular formula is C12H29N3. The third-order valence-corrected chi connectivity index (χ3v) is 2.97. The molecule has 0 saturated carbocycles. The summed E-state index contributed by atoms with van der Waals surface area (Å²) in [7, 11) is 4.25. The zero-order valence-corrected chi connectivity index (χ0v) is 11.2. The Labute approximate surface area is 95.6 Å². The Morgan fingerprint density at radius 1 is 1.20 bits per heavy atom. The second kappa shape index (κ2) is 8.08. The molecule has 0 aliphatic rings. The van der Waals surface area contributed by atoms with Gasteiger partial charge >= 0.3 is 0 Å². The predicted octanol–water partition coefficient (Wildman–Crippen LogP) is 1.39. The molecule has 92 valence electrons. The lowest BCUT2D eigenvalue weighted by molar-refractivity contribution is 0.176. The van der Waals surface area contributed by atoms with E-state index >= 15 is 0 Å². The maximum absolute atomic E-state index is 5.94. The lowest BCUT2D eigenvalue weighted by atomic mass is 10.1. The minimum atomic E-state index is 0.366. The van der Waals surface area contributed by atoms with E-state index < -0.39 is 0 Å². The Balaban J connectivity index is 3.89. The van der Waals surface area contributed by atoms with Gasteiger partial charge in [0, 0.05) is 18.6 Å². The smallest absolute Gasteiger partial charge is 0.0194 e. The van der Waals surface area contributed by atoms with Crippen LogP contribution in [0, 0.1) is 0 Å². The van der Waals surface area contributed by atoms with Crippen molar-refractivity contribution in [2.75, 3.05) is 33.7 Å². The van der Waals surface area contributed by atoms with Crippen LogP contribution in [0.3, 0.4) is 0 Å². The maximum Gasteiger partial charge on any atom is 0.0194 e. The molecule has 2 N–H and O–H groups in total. The van der Waals surface area contributed by atoms with E-state index in [1.165, 1.54) is 0 Å². The molecule has 0 aliphatic heterocycles. The van der Waals surface area contributed by atoms with Crippen molar-refractivity contribution in [3.8, 4) is 0 Å². The molecule has 0 aromatic heterocycles. The Morgan fingerprint density at radius 2 is 1.80 bits per heavy atom. The van der Waals surface area contributed by atoms with Gasteiger partial charge in [0.05, 0.1) is 0 Å². The molecule has 0 heterocycles. The number of nitrogens with two attached hydrogens (primary N) is 1. The van der Waals surface area contributed by atoms with Gasteiger partial charge in [0.15, 0.2) is 0 Å². The standard InChI is InChI=1S/C12H29N3/c1-6-12(13)8-9-15(7-2)11(3)10-14(4)5/h11-12H,6-10,13H2,1-5H3. The molecule has 2 atom stereocenters. The second-order valence-corrected chi connectivity index (χ2v) is 4.70. The highest BCUT2D eigenvalue weighted by atomic mass is 15.2. The van der Waals surface area contributed by atoms with Crippen molar-refractivity contribution in [3.05, 3.63) is 0 Å². The van der Waals surface area contributed by atoms with Crippen LogP contribution in [0.25, 0.3) is 0 Å². The molecule has 0 amide bonds. The minimum absolute atomic E-state index is 0.366. The monoisotopic (exact) mass is 215 g/mol. The Morgan fingerprint density at radius 3 is 2.20 bits per heavy atom. The van der Waals surface area contributed by atoms with Crippen LogP contribution >= 0.6 is 0 Å². The van der Waals surface area contributed by atoms with Gasteiger partial charge in [0.1, 0.15) is 0 Å². The first-order valence-corrected chi connectivity index (χ1v) is 6.15. The average Bonchev–Trinajstić information content (AvgIpc) is 2.17. The van der Waals surface area contributed by atoms with E-state index in [1.807, 2.05) is 0 Å². The minimum Gasteiger partial charge on any atom is -0.328 e. The Kier molecular flexibility index (Phi) is 8.02. The molecule has 3 heteroatoms. The molecule has 0 bridgehead atoms. The molecule has 2 unspecified atom stereocenters. The summed E-state index contributed by atoms with van der Waals surface area (Å²) in [5.41, 5.74) is 5.94. The van der Waals surface area contributed by atoms with E-state index in [2.05, 4.69) is 44.7 Å². The summed E-state index contributed by atoms with van der Waals surface area (Å²) in [4.78, 5) is 4.75. The van der Waals surface area contributed by atoms with Crippen LogP contribution < -0.4 is 5.73 Å². The molecular weight excluding hydrogens is 186 g/mol. The summed E-state index contributed by atoms with van der Waals surface area (Å²) in [5.74, 6) is 0. The number of nitrogens with zero attached hydrogens (tertiary/aromatic N) is 2. The molecule has 0 saturated heterocycles. The van der Waals surface area contributed by atoms with Gasteiger partial charge in [-0.15, -0.1) is 0 Å². The van der Waals surface area contributed by atoms with Crippen LogP contribution in [0.1, 0.15) is 33.6 Å². The van der Waals surface area contributed by atoms with Gasteiger partial charge in [-0.25, -0.2) is 0 Å². The van der Waals surface area contributed by atoms with Gasteiger partial charge < -0.3 is 10.6 Å². The van der Waals surface area contributed by atoms with Gasteiger partial charge in [0.2, 0.25) is 0 Å². The highest BCUT2D eigenvalue weighted by Crippen LogP contribution is 2.03. The van der Waals surface area contributed by atoms with Crippen molar-refractivity contribution in [3.63, 3.8) is 0 Å². The lowest BCUT2D eigenvalue weighted by Crippen LogP contribution is -2.41. The second-order valence-electron chi connectivity index (χ2n) is 4.70. The van der Waals surface area contributed by atoms with E-state index in [9.17, 15) is 0 Å². The van der Waals surface area contributed by atoms with Gasteiger partial charge in [-0.1, -0.05) is 13.8 Å². The fourth-order valence-electron chi connectivity index (χ4n) is 1.87. The van der Waals surface area contributed by atoms with Crippen molar-refractivity contribution < 1.29 is 0 Å². The molecule has 3 nitrogen and oxygen atoms in total. The summed E-state index contributed by atoms with van der Waals surface area (Å²) >= 11 is 0. The highest BCUT2D eigenvalue weighted by Gasteiger charge is 2.13. The molecule has 0 rings (SSSR count). The molecule has 0 radical (unpaired) electrons. The predicted molar refractivity (Wildman–Crippen MR) is 68.1 cm³/mol. The summed E-state index contributed by atoms with van der Waals surface area (Å²) in [6.07, 6.45) is 2.20. The van der Waals surface area contributed by atoms with Crippen molar-refractivity contribution in [2.24, 2.45) is 5.73 Å². The first-order valence-electron chi connectivity index (χ1n) is 6.15. The zero-order valence-electron chi connectivity index (χ0n) is 11.2. The van der Waals surface area contributed by atoms with Gasteiger partial charge in [-0.2, -0.15) is 0 Å². The van der Waals surface area contributed by atoms with Crippen LogP contribution in [-0.4, -0.2) is 55.6 Å². The molecule has 0 aromatic carbocycles. The van der Waals surface area contributed by atoms with Crippen LogP contribution in [0.2, 0.25) is 0 Å². The van der Waals surface area contributed by atoms with Gasteiger partial charge in [-0.3, -0.25) is 4.90 Å². The fraction of sp³-hybridized carbons (Fsp3) is 1.00. The summed E-state index contributed by atoms with van der Waals surface area (Å²) in [6.45, 7) is 10.0. The number of likely N-dealkylation sites (N-methyl/N-ethyl adjacent to an activating group) is 2. The third kappa shape index (κ3) is 6.88. The normalized spacial score (nSPS) is 16.0. The number of rotatable bonds is 8. The lowest BCUT2D eigenvalue weighted by Gasteiger charge is -2.30. The van der Waals surface area contributed by atoms with Crippen molar-refractivity contribution in [1.29, 1.82) is 0 Å². The summed E-state index contributed by atoms with van der Waals surface area (Å²) < 4.78 is 0. The SMILES string of the molecule is CCC(N)CCN(CC)C(C)CN(C)C. The summed E-state index contributed by atoms with van der Waals surface area (Å²) in [5, 5.41) is 0. The fourth-order valence-corrected chi connectivity index (χ4v) is 1.87. The number of hydrogen-bond donors (Lipinski definition) is 1. The quantitative estimate of drug-likeness (QED) is 0.664. The van der Waals surface area contributed by atoms with Gasteiger partial charge in [0.25, 0.3) is 0 Å². The molecule has 15 heavy (non-hydrogen) atoms. The van der Waals surface area contributed by atoms with Crippen LogP contribution in [0.4, 0.5) is 0 Å². The van der Waals surface area contributed by atoms with E-state index in [0.29, 0.717) is 12.1 Å². The number of hydrogen-bond acceptors (Lipinski definition) is 3. The van der Waals surface area contributed by atoms with Crippen LogP contribution in [0.15, 0.2) is 0 Å². The zero-order chi connectivity index (χ0) is 11.8. The van der Waals surface area contributed by atoms with Crippen molar-refractivity contribution in [2.45, 2.75) is 45.7 Å². The maximum atomic E-state index is 5.94. The molecule has 0 aromatic rings.